The van der Waals surface area contributed by atoms with Crippen LogP contribution in [0.25, 0.3) is 0 Å². The van der Waals surface area contributed by atoms with E-state index in [-0.39, 0.29) is 0 Å². The number of nitriles is 1. The van der Waals surface area contributed by atoms with E-state index >= 15 is 0 Å². The van der Waals surface area contributed by atoms with Gasteiger partial charge in [0.15, 0.2) is 0 Å². The fourth-order valence-corrected chi connectivity index (χ4v) is 2.11. The van der Waals surface area contributed by atoms with Crippen LogP contribution in [0.2, 0.25) is 0 Å². The van der Waals surface area contributed by atoms with Crippen LogP contribution in [0.5, 0.6) is 0 Å². The zero-order valence-corrected chi connectivity index (χ0v) is 11.3. The van der Waals surface area contributed by atoms with E-state index in [2.05, 4.69) is 0 Å². The van der Waals surface area contributed by atoms with Gasteiger partial charge in [-0.05, 0) is 37.3 Å². The molecule has 0 saturated heterocycles. The zero-order chi connectivity index (χ0) is 14.7. The van der Waals surface area contributed by atoms with Crippen molar-refractivity contribution in [1.29, 1.82) is 5.26 Å². The molecule has 0 fully saturated rings. The van der Waals surface area contributed by atoms with Crippen LogP contribution in [0, 0.1) is 17.1 Å². The van der Waals surface area contributed by atoms with Gasteiger partial charge in [-0.2, -0.15) is 5.26 Å². The summed E-state index contributed by atoms with van der Waals surface area (Å²) < 4.78 is 14.1. The summed E-state index contributed by atoms with van der Waals surface area (Å²) in [6.45, 7) is 1.60. The summed E-state index contributed by atoms with van der Waals surface area (Å²) in [6, 6.07) is 13.5. The molecule has 0 saturated carbocycles. The number of benzene rings is 2. The topological polar surface area (TPSA) is 47.3 Å². The van der Waals surface area contributed by atoms with Gasteiger partial charge in [0.1, 0.15) is 5.82 Å². The molecule has 2 aromatic carbocycles. The molecule has 0 aliphatic carbocycles. The number of anilines is 2. The van der Waals surface area contributed by atoms with E-state index in [0.717, 1.165) is 5.69 Å². The molecule has 2 aromatic rings. The van der Waals surface area contributed by atoms with Crippen molar-refractivity contribution in [2.75, 3.05) is 11.9 Å². The Balaban J connectivity index is 2.47. The van der Waals surface area contributed by atoms with Gasteiger partial charge >= 0.3 is 0 Å². The second-order valence-electron chi connectivity index (χ2n) is 4.57. The highest BCUT2D eigenvalue weighted by atomic mass is 19.1. The van der Waals surface area contributed by atoms with E-state index in [1.54, 1.807) is 55.3 Å². The first-order chi connectivity index (χ1) is 9.54. The molecular weight excluding hydrogens is 255 g/mol. The quantitative estimate of drug-likeness (QED) is 0.928. The number of hydrogen-bond acceptors (Lipinski definition) is 3. The summed E-state index contributed by atoms with van der Waals surface area (Å²) in [4.78, 5) is 1.67. The molecule has 20 heavy (non-hydrogen) atoms. The van der Waals surface area contributed by atoms with Gasteiger partial charge in [0, 0.05) is 18.3 Å². The Hall–Kier alpha value is -2.38. The minimum absolute atomic E-state index is 0.340. The second-order valence-corrected chi connectivity index (χ2v) is 4.57. The van der Waals surface area contributed by atoms with Crippen LogP contribution in [0.4, 0.5) is 15.8 Å². The lowest BCUT2D eigenvalue weighted by Gasteiger charge is -2.24. The molecule has 1 atom stereocenters. The fraction of sp³-hybridized carbons (Fsp3) is 0.188. The number of rotatable bonds is 3. The highest BCUT2D eigenvalue weighted by molar-refractivity contribution is 5.67. The van der Waals surface area contributed by atoms with E-state index in [1.807, 2.05) is 6.07 Å². The van der Waals surface area contributed by atoms with Crippen molar-refractivity contribution in [3.8, 4) is 6.07 Å². The SMILES string of the molecule is CC(O)c1cccc(F)c1N(C)c1ccc(C#N)cc1. The third-order valence-electron chi connectivity index (χ3n) is 3.19. The second kappa shape index (κ2) is 5.72. The van der Waals surface area contributed by atoms with Gasteiger partial charge in [-0.3, -0.25) is 0 Å². The monoisotopic (exact) mass is 270 g/mol. The molecule has 0 spiro atoms. The van der Waals surface area contributed by atoms with E-state index in [1.165, 1.54) is 6.07 Å². The highest BCUT2D eigenvalue weighted by Crippen LogP contribution is 2.33. The van der Waals surface area contributed by atoms with Crippen LogP contribution in [0.15, 0.2) is 42.5 Å². The van der Waals surface area contributed by atoms with Gasteiger partial charge < -0.3 is 10.0 Å². The van der Waals surface area contributed by atoms with Gasteiger partial charge in [0.05, 0.1) is 23.4 Å². The lowest BCUT2D eigenvalue weighted by atomic mass is 10.1. The van der Waals surface area contributed by atoms with Crippen LogP contribution in [-0.2, 0) is 0 Å². The number of aliphatic hydroxyl groups excluding tert-OH is 1. The van der Waals surface area contributed by atoms with Crippen LogP contribution >= 0.6 is 0 Å². The number of para-hydroxylation sites is 1. The maximum Gasteiger partial charge on any atom is 0.147 e. The van der Waals surface area contributed by atoms with E-state index in [4.69, 9.17) is 5.26 Å². The summed E-state index contributed by atoms with van der Waals surface area (Å²) in [6.07, 6.45) is -0.762. The summed E-state index contributed by atoms with van der Waals surface area (Å²) >= 11 is 0. The summed E-state index contributed by atoms with van der Waals surface area (Å²) in [7, 11) is 1.73. The maximum atomic E-state index is 14.1. The van der Waals surface area contributed by atoms with Gasteiger partial charge in [-0.1, -0.05) is 12.1 Å². The highest BCUT2D eigenvalue weighted by Gasteiger charge is 2.17. The molecule has 0 aromatic heterocycles. The Bertz CT molecular complexity index is 645. The Kier molecular flexibility index (Phi) is 4.02. The third kappa shape index (κ3) is 2.63. The molecule has 2 rings (SSSR count). The average molecular weight is 270 g/mol. The largest absolute Gasteiger partial charge is 0.389 e. The van der Waals surface area contributed by atoms with Gasteiger partial charge in [0.25, 0.3) is 0 Å². The summed E-state index contributed by atoms with van der Waals surface area (Å²) in [5.74, 6) is -0.393. The number of halogens is 1. The van der Waals surface area contributed by atoms with Gasteiger partial charge in [-0.25, -0.2) is 4.39 Å². The number of nitrogens with zero attached hydrogens (tertiary/aromatic N) is 2. The normalized spacial score (nSPS) is 11.8. The minimum atomic E-state index is -0.762. The van der Waals surface area contributed by atoms with Crippen molar-refractivity contribution in [3.63, 3.8) is 0 Å². The molecule has 0 aliphatic heterocycles. The van der Waals surface area contributed by atoms with Crippen LogP contribution < -0.4 is 4.90 Å². The first kappa shape index (κ1) is 14.0. The van der Waals surface area contributed by atoms with Crippen molar-refractivity contribution < 1.29 is 9.50 Å². The molecule has 1 unspecified atom stereocenters. The van der Waals surface area contributed by atoms with Gasteiger partial charge in [0.2, 0.25) is 0 Å². The third-order valence-corrected chi connectivity index (χ3v) is 3.19. The Morgan fingerprint density at radius 2 is 1.85 bits per heavy atom. The lowest BCUT2D eigenvalue weighted by Crippen LogP contribution is -2.14. The smallest absolute Gasteiger partial charge is 0.147 e. The average Bonchev–Trinajstić information content (AvgIpc) is 2.46. The van der Waals surface area contributed by atoms with Crippen LogP contribution in [-0.4, -0.2) is 12.2 Å². The van der Waals surface area contributed by atoms with Gasteiger partial charge in [-0.15, -0.1) is 0 Å². The first-order valence-electron chi connectivity index (χ1n) is 6.25. The Morgan fingerprint density at radius 1 is 1.20 bits per heavy atom. The van der Waals surface area contributed by atoms with Crippen molar-refractivity contribution in [2.24, 2.45) is 0 Å². The summed E-state index contributed by atoms with van der Waals surface area (Å²) in [5.41, 5.74) is 2.16. The molecule has 0 bridgehead atoms. The van der Waals surface area contributed by atoms with E-state index in [9.17, 15) is 9.50 Å². The van der Waals surface area contributed by atoms with E-state index in [0.29, 0.717) is 16.8 Å². The molecule has 0 amide bonds. The molecule has 0 heterocycles. The lowest BCUT2D eigenvalue weighted by molar-refractivity contribution is 0.199. The molecule has 4 heteroatoms. The number of aliphatic hydroxyl groups is 1. The predicted octanol–water partition coefficient (Wildman–Crippen LogP) is 3.52. The van der Waals surface area contributed by atoms with Crippen LogP contribution in [0.3, 0.4) is 0 Å². The van der Waals surface area contributed by atoms with Crippen molar-refractivity contribution in [2.45, 2.75) is 13.0 Å². The van der Waals surface area contributed by atoms with Crippen LogP contribution in [0.1, 0.15) is 24.2 Å². The Labute approximate surface area is 117 Å². The predicted molar refractivity (Wildman–Crippen MR) is 76.3 cm³/mol. The van der Waals surface area contributed by atoms with E-state index < -0.39 is 11.9 Å². The number of hydrogen-bond donors (Lipinski definition) is 1. The molecule has 3 nitrogen and oxygen atoms in total. The molecule has 0 radical (unpaired) electrons. The minimum Gasteiger partial charge on any atom is -0.389 e. The zero-order valence-electron chi connectivity index (χ0n) is 11.3. The van der Waals surface area contributed by atoms with Crippen molar-refractivity contribution in [1.82, 2.24) is 0 Å². The standard InChI is InChI=1S/C16H15FN2O/c1-11(20)14-4-3-5-15(17)16(14)19(2)13-8-6-12(10-18)7-9-13/h3-9,11,20H,1-2H3. The molecule has 0 aliphatic rings. The molecular formula is C16H15FN2O. The fourth-order valence-electron chi connectivity index (χ4n) is 2.11. The maximum absolute atomic E-state index is 14.1. The Morgan fingerprint density at radius 3 is 2.40 bits per heavy atom. The molecule has 1 N–H and O–H groups in total. The summed E-state index contributed by atoms with van der Waals surface area (Å²) in [5, 5.41) is 18.6. The first-order valence-corrected chi connectivity index (χ1v) is 6.25. The molecule has 102 valence electrons. The van der Waals surface area contributed by atoms with Crippen molar-refractivity contribution in [3.05, 3.63) is 59.4 Å². The van der Waals surface area contributed by atoms with Crippen molar-refractivity contribution >= 4 is 11.4 Å².